The first kappa shape index (κ1) is 48.1. The minimum absolute atomic E-state index is 0.0364. The van der Waals surface area contributed by atoms with Crippen LogP contribution in [0.15, 0.2) is 23.3 Å². The van der Waals surface area contributed by atoms with E-state index in [-0.39, 0.29) is 41.2 Å². The first-order valence-corrected chi connectivity index (χ1v) is 23.1. The van der Waals surface area contributed by atoms with Gasteiger partial charge in [0, 0.05) is 49.9 Å². The van der Waals surface area contributed by atoms with Gasteiger partial charge in [-0.15, -0.1) is 0 Å². The summed E-state index contributed by atoms with van der Waals surface area (Å²) in [4.78, 5) is 26.4. The Bertz CT molecular complexity index is 1670. The number of hydrogen-bond acceptors (Lipinski definition) is 15. The smallest absolute Gasteiger partial charge is 0.333 e. The lowest BCUT2D eigenvalue weighted by molar-refractivity contribution is -0.348. The van der Waals surface area contributed by atoms with E-state index < -0.39 is 103 Å². The summed E-state index contributed by atoms with van der Waals surface area (Å²) < 4.78 is 56.3. The van der Waals surface area contributed by atoms with Crippen LogP contribution < -0.4 is 0 Å². The number of ketones is 1. The van der Waals surface area contributed by atoms with Crippen LogP contribution in [-0.2, 0) is 52.2 Å². The van der Waals surface area contributed by atoms with Gasteiger partial charge < -0.3 is 63.1 Å². The molecule has 15 nitrogen and oxygen atoms in total. The highest BCUT2D eigenvalue weighted by molar-refractivity contribution is 5.88. The Morgan fingerprint density at radius 1 is 0.839 bits per heavy atom. The van der Waals surface area contributed by atoms with Crippen molar-refractivity contribution in [3.8, 4) is 0 Å². The molecule has 62 heavy (non-hydrogen) atoms. The number of carbonyl (C=O) groups excluding carboxylic acids is 2. The molecule has 3 saturated carbocycles. The van der Waals surface area contributed by atoms with Crippen LogP contribution in [0.4, 0.5) is 0 Å². The lowest BCUT2D eigenvalue weighted by Gasteiger charge is -2.63. The topological polar surface area (TPSA) is 198 Å². The van der Waals surface area contributed by atoms with E-state index in [4.69, 9.17) is 42.6 Å². The maximum atomic E-state index is 13.3. The predicted molar refractivity (Wildman–Crippen MR) is 223 cm³/mol. The minimum atomic E-state index is -1.25. The summed E-state index contributed by atoms with van der Waals surface area (Å²) in [5, 5.41) is 43.8. The van der Waals surface area contributed by atoms with Crippen molar-refractivity contribution >= 4 is 11.8 Å². The maximum absolute atomic E-state index is 13.3. The summed E-state index contributed by atoms with van der Waals surface area (Å²) in [6, 6.07) is 0. The van der Waals surface area contributed by atoms with E-state index in [1.54, 1.807) is 41.1 Å². The molecule has 13 unspecified atom stereocenters. The number of Topliss-reactive ketones (excluding diaryl/α,β-unsaturated/α-hetero) is 1. The average molecular weight is 879 g/mol. The molecule has 21 atom stereocenters. The van der Waals surface area contributed by atoms with Crippen molar-refractivity contribution in [1.82, 2.24) is 0 Å². The second-order valence-electron chi connectivity index (χ2n) is 19.9. The van der Waals surface area contributed by atoms with E-state index in [9.17, 15) is 30.0 Å². The summed E-state index contributed by atoms with van der Waals surface area (Å²) in [5.74, 6) is -1.56. The third kappa shape index (κ3) is 8.42. The number of hydrogen-bond donors (Lipinski definition) is 4. The highest BCUT2D eigenvalue weighted by Gasteiger charge is 2.71. The molecule has 0 radical (unpaired) electrons. The van der Waals surface area contributed by atoms with Crippen molar-refractivity contribution in [2.75, 3.05) is 20.8 Å². The molecule has 4 N–H and O–H groups in total. The molecule has 6 fully saturated rings. The summed E-state index contributed by atoms with van der Waals surface area (Å²) in [7, 11) is 3.23. The normalized spacial score (nSPS) is 49.6. The third-order valence-corrected chi connectivity index (χ3v) is 16.8. The van der Waals surface area contributed by atoms with E-state index in [1.807, 2.05) is 27.7 Å². The number of allylic oxidation sites excluding steroid dienone is 2. The molecule has 15 heteroatoms. The van der Waals surface area contributed by atoms with Gasteiger partial charge in [0.2, 0.25) is 0 Å². The SMILES string of the molecule is CC=C(C)C(=O)O[C@@H]1C[C@H]2[C@@H](CC=C3C[C@@H](OC4CC(OC)C(OC5CC(OC)C(OC6OC(C)C(O)C(CO)C6O)C(C)O5)C(C)O4)CC[C@@]32C)[C@@]2(O)CC[C@H](C(C)=O)[C@@]12C. The molecule has 3 saturated heterocycles. The van der Waals surface area contributed by atoms with Crippen LogP contribution in [0.3, 0.4) is 0 Å². The lowest BCUT2D eigenvalue weighted by atomic mass is 9.45. The molecule has 0 spiro atoms. The van der Waals surface area contributed by atoms with Crippen molar-refractivity contribution in [3.05, 3.63) is 23.3 Å². The zero-order valence-corrected chi connectivity index (χ0v) is 38.4. The van der Waals surface area contributed by atoms with Crippen molar-refractivity contribution in [2.45, 2.75) is 205 Å². The highest BCUT2D eigenvalue weighted by atomic mass is 16.7. The van der Waals surface area contributed by atoms with Crippen LogP contribution >= 0.6 is 0 Å². The molecule has 3 heterocycles. The van der Waals surface area contributed by atoms with Crippen LogP contribution in [0.5, 0.6) is 0 Å². The molecule has 0 aromatic carbocycles. The largest absolute Gasteiger partial charge is 0.458 e. The van der Waals surface area contributed by atoms with Crippen LogP contribution in [0.1, 0.15) is 113 Å². The molecule has 0 amide bonds. The number of aliphatic hydroxyl groups is 4. The summed E-state index contributed by atoms with van der Waals surface area (Å²) in [6.07, 6.45) is 0.725. The third-order valence-electron chi connectivity index (χ3n) is 16.8. The first-order chi connectivity index (χ1) is 29.3. The molecule has 0 aromatic heterocycles. The Balaban J connectivity index is 0.980. The van der Waals surface area contributed by atoms with Crippen molar-refractivity contribution in [3.63, 3.8) is 0 Å². The summed E-state index contributed by atoms with van der Waals surface area (Å²) >= 11 is 0. The molecule has 3 aliphatic heterocycles. The Labute approximate surface area is 367 Å². The van der Waals surface area contributed by atoms with Gasteiger partial charge in [-0.1, -0.05) is 31.6 Å². The van der Waals surface area contributed by atoms with Crippen LogP contribution in [-0.4, -0.2) is 145 Å². The molecular formula is C47H74O15. The quantitative estimate of drug-likeness (QED) is 0.123. The number of rotatable bonds is 12. The Morgan fingerprint density at radius 3 is 2.06 bits per heavy atom. The van der Waals surface area contributed by atoms with Gasteiger partial charge in [0.15, 0.2) is 18.9 Å². The molecule has 7 aliphatic rings. The van der Waals surface area contributed by atoms with Gasteiger partial charge in [-0.3, -0.25) is 4.79 Å². The number of methoxy groups -OCH3 is 2. The molecule has 0 bridgehead atoms. The fraction of sp³-hybridized carbons (Fsp3) is 0.872. The number of fused-ring (bicyclic) bond motifs is 5. The molecule has 4 aliphatic carbocycles. The Hall–Kier alpha value is -1.86. The first-order valence-electron chi connectivity index (χ1n) is 23.1. The van der Waals surface area contributed by atoms with Crippen LogP contribution in [0, 0.1) is 34.5 Å². The molecule has 7 rings (SSSR count). The molecule has 352 valence electrons. The fourth-order valence-corrected chi connectivity index (χ4v) is 12.8. The van der Waals surface area contributed by atoms with Gasteiger partial charge in [-0.2, -0.15) is 0 Å². The monoisotopic (exact) mass is 879 g/mol. The van der Waals surface area contributed by atoms with E-state index in [2.05, 4.69) is 13.0 Å². The molecular weight excluding hydrogens is 805 g/mol. The fourth-order valence-electron chi connectivity index (χ4n) is 12.8. The van der Waals surface area contributed by atoms with Gasteiger partial charge in [0.05, 0.1) is 54.9 Å². The number of esters is 1. The van der Waals surface area contributed by atoms with Gasteiger partial charge >= 0.3 is 5.97 Å². The number of ether oxygens (including phenoxy) is 9. The Morgan fingerprint density at radius 2 is 1.47 bits per heavy atom. The highest BCUT2D eigenvalue weighted by Crippen LogP contribution is 2.68. The molecule has 0 aromatic rings. The van der Waals surface area contributed by atoms with E-state index in [0.717, 1.165) is 19.3 Å². The Kier molecular flexibility index (Phi) is 14.6. The zero-order chi connectivity index (χ0) is 45.1. The van der Waals surface area contributed by atoms with E-state index in [1.165, 1.54) is 5.57 Å². The predicted octanol–water partition coefficient (Wildman–Crippen LogP) is 4.29. The number of carbonyl (C=O) groups is 2. The van der Waals surface area contributed by atoms with E-state index in [0.29, 0.717) is 44.1 Å². The maximum Gasteiger partial charge on any atom is 0.333 e. The van der Waals surface area contributed by atoms with Crippen molar-refractivity contribution in [2.24, 2.45) is 34.5 Å². The minimum Gasteiger partial charge on any atom is -0.458 e. The standard InChI is InChI=1S/C47H74O15/c1-11-23(2)43(52)60-36-19-33-32(47(53)17-15-31(24(3)49)46(36,47)8)13-12-28-18-29(14-16-45(28,33)7)59-37-20-34(54-9)41(26(5)56-37)61-38-21-35(55-10)42(27(6)57-38)62-44-40(51)30(22-48)39(50)25(4)58-44/h11-12,25-27,29-42,44,48,50-51,53H,13-22H2,1-10H3/t25?,26?,27?,29-,30?,31+,32+,33-,34?,35?,36+,37?,38?,39?,40?,41?,42?,44?,45-,46-,47-/m0/s1. The second-order valence-corrected chi connectivity index (χ2v) is 19.9. The van der Waals surface area contributed by atoms with Crippen LogP contribution in [0.25, 0.3) is 0 Å². The van der Waals surface area contributed by atoms with Gasteiger partial charge in [0.1, 0.15) is 30.2 Å². The van der Waals surface area contributed by atoms with Crippen molar-refractivity contribution < 1.29 is 72.6 Å². The lowest BCUT2D eigenvalue weighted by Crippen LogP contribution is -2.66. The van der Waals surface area contributed by atoms with Gasteiger partial charge in [-0.25, -0.2) is 4.79 Å². The zero-order valence-electron chi connectivity index (χ0n) is 38.4. The number of aliphatic hydroxyl groups excluding tert-OH is 3. The summed E-state index contributed by atoms with van der Waals surface area (Å²) in [5.41, 5.74) is -0.458. The summed E-state index contributed by atoms with van der Waals surface area (Å²) in [6.45, 7) is 14.5. The average Bonchev–Trinajstić information content (AvgIpc) is 3.53. The van der Waals surface area contributed by atoms with Gasteiger partial charge in [-0.05, 0) is 104 Å². The van der Waals surface area contributed by atoms with Crippen LogP contribution in [0.2, 0.25) is 0 Å². The second kappa shape index (κ2) is 18.8. The van der Waals surface area contributed by atoms with Crippen molar-refractivity contribution in [1.29, 1.82) is 0 Å². The van der Waals surface area contributed by atoms with Gasteiger partial charge in [0.25, 0.3) is 0 Å². The van der Waals surface area contributed by atoms with E-state index >= 15 is 0 Å².